The van der Waals surface area contributed by atoms with E-state index in [1.54, 1.807) is 41.7 Å². The van der Waals surface area contributed by atoms with Crippen LogP contribution in [0.4, 0.5) is 0 Å². The lowest BCUT2D eigenvalue weighted by Crippen LogP contribution is -2.40. The molecule has 0 spiro atoms. The Hall–Kier alpha value is -3.02. The van der Waals surface area contributed by atoms with Gasteiger partial charge < -0.3 is 4.90 Å². The maximum Gasteiger partial charge on any atom is 0.270 e. The maximum absolute atomic E-state index is 13.1. The molecule has 0 fully saturated rings. The Morgan fingerprint density at radius 1 is 1.24 bits per heavy atom. The lowest BCUT2D eigenvalue weighted by Gasteiger charge is -2.28. The van der Waals surface area contributed by atoms with Gasteiger partial charge in [0.05, 0.1) is 0 Å². The van der Waals surface area contributed by atoms with Gasteiger partial charge in [0.25, 0.3) is 11.5 Å². The third-order valence-corrected chi connectivity index (χ3v) is 4.33. The molecule has 0 aliphatic carbocycles. The van der Waals surface area contributed by atoms with Gasteiger partial charge in [0.1, 0.15) is 11.2 Å². The summed E-state index contributed by atoms with van der Waals surface area (Å²) in [4.78, 5) is 35.7. The SMILES string of the molecule is CCC(C)N(Cc1ccncc1)C(=O)c1cnc2ccccn2c1=O. The monoisotopic (exact) mass is 336 g/mol. The van der Waals surface area contributed by atoms with Crippen molar-refractivity contribution < 1.29 is 4.79 Å². The molecule has 0 aliphatic heterocycles. The predicted octanol–water partition coefficient (Wildman–Crippen LogP) is 2.53. The molecule has 3 heterocycles. The third kappa shape index (κ3) is 3.42. The van der Waals surface area contributed by atoms with Crippen molar-refractivity contribution in [3.63, 3.8) is 0 Å². The van der Waals surface area contributed by atoms with Gasteiger partial charge in [-0.05, 0) is 43.2 Å². The van der Waals surface area contributed by atoms with Crippen LogP contribution in [0.15, 0.2) is 59.9 Å². The van der Waals surface area contributed by atoms with E-state index in [-0.39, 0.29) is 23.1 Å². The van der Waals surface area contributed by atoms with E-state index in [2.05, 4.69) is 9.97 Å². The number of pyridine rings is 2. The van der Waals surface area contributed by atoms with Gasteiger partial charge in [-0.1, -0.05) is 13.0 Å². The number of nitrogens with zero attached hydrogens (tertiary/aromatic N) is 4. The first-order valence-electron chi connectivity index (χ1n) is 8.28. The van der Waals surface area contributed by atoms with Crippen molar-refractivity contribution in [1.82, 2.24) is 19.3 Å². The second-order valence-corrected chi connectivity index (χ2v) is 5.95. The number of hydrogen-bond donors (Lipinski definition) is 0. The van der Waals surface area contributed by atoms with Crippen LogP contribution in [0.1, 0.15) is 36.2 Å². The number of carbonyl (C=O) groups is 1. The number of aromatic nitrogens is 3. The van der Waals surface area contributed by atoms with Crippen molar-refractivity contribution in [2.75, 3.05) is 0 Å². The fourth-order valence-corrected chi connectivity index (χ4v) is 2.66. The van der Waals surface area contributed by atoms with Crippen LogP contribution in [-0.2, 0) is 6.54 Å². The Morgan fingerprint density at radius 3 is 2.72 bits per heavy atom. The Labute approximate surface area is 145 Å². The van der Waals surface area contributed by atoms with E-state index in [0.29, 0.717) is 12.2 Å². The third-order valence-electron chi connectivity index (χ3n) is 4.33. The van der Waals surface area contributed by atoms with Crippen LogP contribution in [0.25, 0.3) is 5.65 Å². The molecule has 0 N–H and O–H groups in total. The van der Waals surface area contributed by atoms with Gasteiger partial charge in [-0.25, -0.2) is 4.98 Å². The molecule has 3 rings (SSSR count). The highest BCUT2D eigenvalue weighted by Gasteiger charge is 2.24. The zero-order valence-corrected chi connectivity index (χ0v) is 14.3. The van der Waals surface area contributed by atoms with Gasteiger partial charge in [0.15, 0.2) is 0 Å². The summed E-state index contributed by atoms with van der Waals surface area (Å²) in [6, 6.07) is 9.02. The predicted molar refractivity (Wildman–Crippen MR) is 95.3 cm³/mol. The van der Waals surface area contributed by atoms with Crippen molar-refractivity contribution in [2.24, 2.45) is 0 Å². The molecule has 0 aliphatic rings. The first kappa shape index (κ1) is 16.8. The number of rotatable bonds is 5. The van der Waals surface area contributed by atoms with E-state index >= 15 is 0 Å². The average Bonchev–Trinajstić information content (AvgIpc) is 2.66. The molecule has 0 saturated carbocycles. The van der Waals surface area contributed by atoms with E-state index in [9.17, 15) is 9.59 Å². The first-order chi connectivity index (χ1) is 12.1. The smallest absolute Gasteiger partial charge is 0.270 e. The largest absolute Gasteiger partial charge is 0.331 e. The van der Waals surface area contributed by atoms with Crippen LogP contribution in [0, 0.1) is 0 Å². The molecule has 1 amide bonds. The second-order valence-electron chi connectivity index (χ2n) is 5.95. The number of carbonyl (C=O) groups excluding carboxylic acids is 1. The van der Waals surface area contributed by atoms with Crippen molar-refractivity contribution in [3.8, 4) is 0 Å². The van der Waals surface area contributed by atoms with Gasteiger partial charge in [-0.2, -0.15) is 0 Å². The van der Waals surface area contributed by atoms with Crippen molar-refractivity contribution in [1.29, 1.82) is 0 Å². The summed E-state index contributed by atoms with van der Waals surface area (Å²) in [5.74, 6) is -0.304. The average molecular weight is 336 g/mol. The molecule has 6 nitrogen and oxygen atoms in total. The zero-order chi connectivity index (χ0) is 17.8. The highest BCUT2D eigenvalue weighted by Crippen LogP contribution is 2.13. The standard InChI is InChI=1S/C19H20N4O2/c1-3-14(2)23(13-15-7-9-20-10-8-15)19(25)16-12-21-17-6-4-5-11-22(17)18(16)24/h4-12,14H,3,13H2,1-2H3. The minimum atomic E-state index is -0.348. The molecule has 3 aromatic rings. The minimum absolute atomic E-state index is 0.00321. The molecule has 0 aromatic carbocycles. The van der Waals surface area contributed by atoms with Crippen LogP contribution < -0.4 is 5.56 Å². The molecule has 1 unspecified atom stereocenters. The summed E-state index contributed by atoms with van der Waals surface area (Å²) in [6.07, 6.45) is 7.18. The topological polar surface area (TPSA) is 67.6 Å². The number of hydrogen-bond acceptors (Lipinski definition) is 4. The van der Waals surface area contributed by atoms with Crippen molar-refractivity contribution >= 4 is 11.6 Å². The molecule has 0 saturated heterocycles. The highest BCUT2D eigenvalue weighted by atomic mass is 16.2. The quantitative estimate of drug-likeness (QED) is 0.718. The fourth-order valence-electron chi connectivity index (χ4n) is 2.66. The van der Waals surface area contributed by atoms with Crippen LogP contribution in [-0.4, -0.2) is 31.2 Å². The van der Waals surface area contributed by atoms with Gasteiger partial charge in [0, 0.05) is 37.4 Å². The molecule has 25 heavy (non-hydrogen) atoms. The van der Waals surface area contributed by atoms with Crippen LogP contribution in [0.3, 0.4) is 0 Å². The number of fused-ring (bicyclic) bond motifs is 1. The summed E-state index contributed by atoms with van der Waals surface area (Å²) >= 11 is 0. The van der Waals surface area contributed by atoms with E-state index in [1.165, 1.54) is 10.6 Å². The van der Waals surface area contributed by atoms with Gasteiger partial charge >= 0.3 is 0 Å². The Balaban J connectivity index is 2.00. The molecule has 6 heteroatoms. The fraction of sp³-hybridized carbons (Fsp3) is 0.263. The van der Waals surface area contributed by atoms with E-state index in [4.69, 9.17) is 0 Å². The summed E-state index contributed by atoms with van der Waals surface area (Å²) in [6.45, 7) is 4.42. The van der Waals surface area contributed by atoms with E-state index in [1.807, 2.05) is 26.0 Å². The molecule has 3 aromatic heterocycles. The summed E-state index contributed by atoms with van der Waals surface area (Å²) < 4.78 is 1.40. The van der Waals surface area contributed by atoms with Gasteiger partial charge in [-0.3, -0.25) is 19.0 Å². The summed E-state index contributed by atoms with van der Waals surface area (Å²) in [5.41, 5.74) is 1.22. The minimum Gasteiger partial charge on any atom is -0.331 e. The molecule has 0 radical (unpaired) electrons. The molecular formula is C19H20N4O2. The Morgan fingerprint density at radius 2 is 2.00 bits per heavy atom. The van der Waals surface area contributed by atoms with Gasteiger partial charge in [0.2, 0.25) is 0 Å². The normalized spacial score (nSPS) is 12.1. The van der Waals surface area contributed by atoms with Crippen molar-refractivity contribution in [3.05, 3.63) is 76.6 Å². The first-order valence-corrected chi connectivity index (χ1v) is 8.28. The Bertz CT molecular complexity index is 937. The van der Waals surface area contributed by atoms with Crippen molar-refractivity contribution in [2.45, 2.75) is 32.9 Å². The highest BCUT2D eigenvalue weighted by molar-refractivity contribution is 5.94. The van der Waals surface area contributed by atoms with Gasteiger partial charge in [-0.15, -0.1) is 0 Å². The summed E-state index contributed by atoms with van der Waals surface area (Å²) in [7, 11) is 0. The second kappa shape index (κ2) is 7.25. The van der Waals surface area contributed by atoms with Crippen LogP contribution in [0.2, 0.25) is 0 Å². The number of amides is 1. The molecule has 0 bridgehead atoms. The zero-order valence-electron chi connectivity index (χ0n) is 14.3. The molecular weight excluding hydrogens is 316 g/mol. The van der Waals surface area contributed by atoms with E-state index < -0.39 is 0 Å². The van der Waals surface area contributed by atoms with Crippen LogP contribution >= 0.6 is 0 Å². The lowest BCUT2D eigenvalue weighted by molar-refractivity contribution is 0.0669. The Kier molecular flexibility index (Phi) is 4.88. The maximum atomic E-state index is 13.1. The van der Waals surface area contributed by atoms with E-state index in [0.717, 1.165) is 12.0 Å². The molecule has 1 atom stereocenters. The summed E-state index contributed by atoms with van der Waals surface area (Å²) in [5, 5.41) is 0. The van der Waals surface area contributed by atoms with Crippen LogP contribution in [0.5, 0.6) is 0 Å². The molecule has 128 valence electrons. The lowest BCUT2D eigenvalue weighted by atomic mass is 10.1.